The molecule has 0 unspecified atom stereocenters. The Morgan fingerprint density at radius 1 is 0.611 bits per heavy atom. The highest BCUT2D eigenvalue weighted by molar-refractivity contribution is 5.72. The quantitative estimate of drug-likeness (QED) is 0.367. The van der Waals surface area contributed by atoms with E-state index in [4.69, 9.17) is 14.2 Å². The maximum atomic E-state index is 12.6. The molecule has 1 fully saturated rings. The third kappa shape index (κ3) is 14.7. The van der Waals surface area contributed by atoms with Gasteiger partial charge in [0.15, 0.2) is 0 Å². The molecule has 0 amide bonds. The highest BCUT2D eigenvalue weighted by atomic mass is 16.6. The van der Waals surface area contributed by atoms with Crippen LogP contribution in [-0.2, 0) is 28.6 Å². The Kier molecular flexibility index (Phi) is 13.3. The Labute approximate surface area is 218 Å². The molecule has 1 aliphatic rings. The van der Waals surface area contributed by atoms with Gasteiger partial charge in [0.1, 0.15) is 11.2 Å². The number of rotatable bonds is 7. The van der Waals surface area contributed by atoms with Crippen LogP contribution in [0, 0.1) is 0 Å². The summed E-state index contributed by atoms with van der Waals surface area (Å²) in [6, 6.07) is 0.319. The minimum Gasteiger partial charge on any atom is -0.468 e. The van der Waals surface area contributed by atoms with Gasteiger partial charge in [-0.05, 0) is 55.4 Å². The van der Waals surface area contributed by atoms with Crippen molar-refractivity contribution in [2.45, 2.75) is 72.6 Å². The van der Waals surface area contributed by atoms with Crippen LogP contribution in [0.5, 0.6) is 0 Å². The van der Waals surface area contributed by atoms with Crippen LogP contribution in [0.4, 0.5) is 0 Å². The third-order valence-electron chi connectivity index (χ3n) is 5.73. The molecule has 0 atom stereocenters. The van der Waals surface area contributed by atoms with Crippen LogP contribution in [0.15, 0.2) is 0 Å². The lowest BCUT2D eigenvalue weighted by atomic mass is 10.2. The van der Waals surface area contributed by atoms with Gasteiger partial charge in [-0.1, -0.05) is 0 Å². The van der Waals surface area contributed by atoms with Gasteiger partial charge < -0.3 is 14.2 Å². The molecule has 0 spiro atoms. The second-order valence-corrected chi connectivity index (χ2v) is 11.7. The summed E-state index contributed by atoms with van der Waals surface area (Å²) in [6.07, 6.45) is 0. The Bertz CT molecular complexity index is 702. The minimum atomic E-state index is -0.566. The van der Waals surface area contributed by atoms with Gasteiger partial charge in [-0.2, -0.15) is 0 Å². The first kappa shape index (κ1) is 32.3. The van der Waals surface area contributed by atoms with E-state index in [0.717, 1.165) is 13.1 Å². The molecule has 1 aliphatic heterocycles. The zero-order chi connectivity index (χ0) is 27.5. The standard InChI is InChI=1S/C26H50N4O6/c1-21(2)30-16-14-28(18-22(31)34-9)12-10-27(19-23(32)35-25(3,4)5)11-13-29(15-17-30)20-24(33)36-26(6,7)8/h21H,10-20H2,1-9H3. The predicted octanol–water partition coefficient (Wildman–Crippen LogP) is 1.47. The van der Waals surface area contributed by atoms with Crippen molar-refractivity contribution >= 4 is 17.9 Å². The van der Waals surface area contributed by atoms with Crippen molar-refractivity contribution in [3.63, 3.8) is 0 Å². The average molecular weight is 515 g/mol. The average Bonchev–Trinajstić information content (AvgIpc) is 2.70. The van der Waals surface area contributed by atoms with Gasteiger partial charge in [0.05, 0.1) is 26.7 Å². The summed E-state index contributed by atoms with van der Waals surface area (Å²) in [5.41, 5.74) is -1.11. The molecule has 1 rings (SSSR count). The topological polar surface area (TPSA) is 91.9 Å². The van der Waals surface area contributed by atoms with Crippen LogP contribution < -0.4 is 0 Å². The van der Waals surface area contributed by atoms with E-state index in [1.807, 2.05) is 46.4 Å². The zero-order valence-corrected chi connectivity index (χ0v) is 24.1. The van der Waals surface area contributed by atoms with E-state index in [-0.39, 0.29) is 37.5 Å². The summed E-state index contributed by atoms with van der Waals surface area (Å²) < 4.78 is 16.0. The highest BCUT2D eigenvalue weighted by Gasteiger charge is 2.24. The molecule has 36 heavy (non-hydrogen) atoms. The van der Waals surface area contributed by atoms with Gasteiger partial charge in [-0.25, -0.2) is 0 Å². The Morgan fingerprint density at radius 3 is 1.19 bits per heavy atom. The molecule has 0 bridgehead atoms. The predicted molar refractivity (Wildman–Crippen MR) is 140 cm³/mol. The van der Waals surface area contributed by atoms with Crippen molar-refractivity contribution < 1.29 is 28.6 Å². The number of hydrogen-bond donors (Lipinski definition) is 0. The van der Waals surface area contributed by atoms with Crippen LogP contribution in [0.1, 0.15) is 55.4 Å². The lowest BCUT2D eigenvalue weighted by Gasteiger charge is -2.35. The number of ether oxygens (including phenoxy) is 3. The maximum absolute atomic E-state index is 12.6. The van der Waals surface area contributed by atoms with Crippen molar-refractivity contribution in [2.75, 3.05) is 79.1 Å². The van der Waals surface area contributed by atoms with Gasteiger partial charge in [0.2, 0.25) is 0 Å². The van der Waals surface area contributed by atoms with Gasteiger partial charge in [0, 0.05) is 58.4 Å². The van der Waals surface area contributed by atoms with E-state index in [2.05, 4.69) is 28.5 Å². The van der Waals surface area contributed by atoms with E-state index in [1.165, 1.54) is 7.11 Å². The van der Waals surface area contributed by atoms with Crippen molar-refractivity contribution in [1.29, 1.82) is 0 Å². The number of nitrogens with zero attached hydrogens (tertiary/aromatic N) is 4. The molecular formula is C26H50N4O6. The third-order valence-corrected chi connectivity index (χ3v) is 5.73. The fraction of sp³-hybridized carbons (Fsp3) is 0.885. The fourth-order valence-corrected chi connectivity index (χ4v) is 3.90. The second kappa shape index (κ2) is 14.9. The van der Waals surface area contributed by atoms with Crippen molar-refractivity contribution in [3.05, 3.63) is 0 Å². The van der Waals surface area contributed by atoms with E-state index < -0.39 is 11.2 Å². The first-order valence-electron chi connectivity index (χ1n) is 13.0. The first-order valence-corrected chi connectivity index (χ1v) is 13.0. The molecule has 10 nitrogen and oxygen atoms in total. The summed E-state index contributed by atoms with van der Waals surface area (Å²) in [5.74, 6) is -0.826. The molecule has 0 aromatic carbocycles. The lowest BCUT2D eigenvalue weighted by molar-refractivity contribution is -0.158. The minimum absolute atomic E-state index is 0.141. The summed E-state index contributed by atoms with van der Waals surface area (Å²) in [7, 11) is 1.40. The number of methoxy groups -OCH3 is 1. The van der Waals surface area contributed by atoms with Gasteiger partial charge in [-0.3, -0.25) is 34.0 Å². The van der Waals surface area contributed by atoms with Crippen LogP contribution in [0.25, 0.3) is 0 Å². The summed E-state index contributed by atoms with van der Waals surface area (Å²) in [5, 5.41) is 0. The number of esters is 3. The molecule has 0 aromatic heterocycles. The highest BCUT2D eigenvalue weighted by Crippen LogP contribution is 2.10. The van der Waals surface area contributed by atoms with E-state index in [1.54, 1.807) is 0 Å². The Morgan fingerprint density at radius 2 is 0.917 bits per heavy atom. The van der Waals surface area contributed by atoms with Crippen molar-refractivity contribution in [2.24, 2.45) is 0 Å². The second-order valence-electron chi connectivity index (χ2n) is 11.7. The number of hydrogen-bond acceptors (Lipinski definition) is 10. The molecule has 0 N–H and O–H groups in total. The molecule has 1 saturated heterocycles. The Hall–Kier alpha value is -1.75. The molecule has 0 saturated carbocycles. The largest absolute Gasteiger partial charge is 0.468 e. The zero-order valence-electron chi connectivity index (χ0n) is 24.1. The van der Waals surface area contributed by atoms with Gasteiger partial charge in [-0.15, -0.1) is 0 Å². The molecule has 10 heteroatoms. The number of carbonyl (C=O) groups excluding carboxylic acids is 3. The normalized spacial score (nSPS) is 18.8. The molecule has 0 aromatic rings. The first-order chi connectivity index (χ1) is 16.6. The summed E-state index contributed by atoms with van der Waals surface area (Å²) in [6.45, 7) is 21.3. The van der Waals surface area contributed by atoms with E-state index in [9.17, 15) is 14.4 Å². The molecule has 210 valence electrons. The smallest absolute Gasteiger partial charge is 0.320 e. The monoisotopic (exact) mass is 514 g/mol. The van der Waals surface area contributed by atoms with Crippen LogP contribution >= 0.6 is 0 Å². The summed E-state index contributed by atoms with van der Waals surface area (Å²) >= 11 is 0. The van der Waals surface area contributed by atoms with Crippen LogP contribution in [0.2, 0.25) is 0 Å². The van der Waals surface area contributed by atoms with Crippen molar-refractivity contribution in [1.82, 2.24) is 19.6 Å². The molecule has 0 radical (unpaired) electrons. The van der Waals surface area contributed by atoms with Crippen molar-refractivity contribution in [3.8, 4) is 0 Å². The van der Waals surface area contributed by atoms with Gasteiger partial charge >= 0.3 is 17.9 Å². The molecule has 0 aliphatic carbocycles. The molecule has 1 heterocycles. The molecular weight excluding hydrogens is 464 g/mol. The SMILES string of the molecule is COC(=O)CN1CCN(CC(=O)OC(C)(C)C)CCN(CC(=O)OC(C)(C)C)CCN(C(C)C)CC1. The van der Waals surface area contributed by atoms with E-state index >= 15 is 0 Å². The fourth-order valence-electron chi connectivity index (χ4n) is 3.90. The lowest BCUT2D eigenvalue weighted by Crippen LogP contribution is -2.50. The number of carbonyl (C=O) groups is 3. The Balaban J connectivity index is 3.04. The van der Waals surface area contributed by atoms with Crippen LogP contribution in [-0.4, -0.2) is 134 Å². The van der Waals surface area contributed by atoms with E-state index in [0.29, 0.717) is 45.3 Å². The van der Waals surface area contributed by atoms with Gasteiger partial charge in [0.25, 0.3) is 0 Å². The van der Waals surface area contributed by atoms with Crippen LogP contribution in [0.3, 0.4) is 0 Å². The summed E-state index contributed by atoms with van der Waals surface area (Å²) in [4.78, 5) is 45.8. The maximum Gasteiger partial charge on any atom is 0.320 e.